The third-order valence-corrected chi connectivity index (χ3v) is 4.42. The highest BCUT2D eigenvalue weighted by Crippen LogP contribution is 2.33. The first-order valence-electron chi connectivity index (χ1n) is 8.47. The molecule has 132 valence electrons. The van der Waals surface area contributed by atoms with E-state index in [2.05, 4.69) is 11.5 Å². The number of allylic oxidation sites excluding steroid dienone is 1. The molecule has 1 aromatic rings. The zero-order valence-electron chi connectivity index (χ0n) is 14.6. The van der Waals surface area contributed by atoms with Crippen molar-refractivity contribution in [2.75, 3.05) is 26.8 Å². The van der Waals surface area contributed by atoms with Gasteiger partial charge in [-0.05, 0) is 50.9 Å². The van der Waals surface area contributed by atoms with Gasteiger partial charge in [0.2, 0.25) is 0 Å². The van der Waals surface area contributed by atoms with Crippen LogP contribution in [0.5, 0.6) is 11.5 Å². The zero-order chi connectivity index (χ0) is 17.5. The highest BCUT2D eigenvalue weighted by molar-refractivity contribution is 5.72. The molecular weight excluding hydrogens is 306 g/mol. The van der Waals surface area contributed by atoms with Gasteiger partial charge in [0.1, 0.15) is 0 Å². The van der Waals surface area contributed by atoms with Crippen molar-refractivity contribution in [1.82, 2.24) is 4.90 Å². The van der Waals surface area contributed by atoms with E-state index < -0.39 is 0 Å². The Kier molecular flexibility index (Phi) is 6.67. The minimum atomic E-state index is -0.0883. The number of benzene rings is 1. The molecule has 0 unspecified atom stereocenters. The summed E-state index contributed by atoms with van der Waals surface area (Å²) in [5.41, 5.74) is 1.91. The van der Waals surface area contributed by atoms with E-state index in [0.29, 0.717) is 18.9 Å². The predicted molar refractivity (Wildman–Crippen MR) is 93.2 cm³/mol. The summed E-state index contributed by atoms with van der Waals surface area (Å²) in [5.74, 6) is 0.592. The van der Waals surface area contributed by atoms with Gasteiger partial charge in [-0.15, -0.1) is 6.58 Å². The topological polar surface area (TPSA) is 59.0 Å². The Morgan fingerprint density at radius 2 is 2.12 bits per heavy atom. The molecule has 0 spiro atoms. The molecule has 5 heteroatoms. The van der Waals surface area contributed by atoms with Crippen LogP contribution in [-0.4, -0.2) is 42.8 Å². The van der Waals surface area contributed by atoms with Crippen molar-refractivity contribution in [3.05, 3.63) is 35.9 Å². The van der Waals surface area contributed by atoms with Crippen LogP contribution in [-0.2, 0) is 22.5 Å². The maximum atomic E-state index is 11.8. The molecule has 1 saturated heterocycles. The summed E-state index contributed by atoms with van der Waals surface area (Å²) in [6.07, 6.45) is 4.15. The number of nitrogens with zero attached hydrogens (tertiary/aromatic N) is 1. The molecule has 1 fully saturated rings. The quantitative estimate of drug-likeness (QED) is 0.614. The Hall–Kier alpha value is -2.01. The van der Waals surface area contributed by atoms with Gasteiger partial charge in [-0.2, -0.15) is 0 Å². The molecule has 0 aromatic heterocycles. The Bertz CT molecular complexity index is 577. The van der Waals surface area contributed by atoms with Crippen molar-refractivity contribution in [1.29, 1.82) is 0 Å². The van der Waals surface area contributed by atoms with E-state index in [1.54, 1.807) is 7.11 Å². The molecule has 5 nitrogen and oxygen atoms in total. The van der Waals surface area contributed by atoms with Gasteiger partial charge in [0.25, 0.3) is 0 Å². The lowest BCUT2D eigenvalue weighted by atomic mass is 9.96. The minimum Gasteiger partial charge on any atom is -0.504 e. The number of carbonyl (C=O) groups is 1. The monoisotopic (exact) mass is 333 g/mol. The molecule has 1 aliphatic heterocycles. The number of methoxy groups -OCH3 is 1. The van der Waals surface area contributed by atoms with E-state index in [9.17, 15) is 9.90 Å². The van der Waals surface area contributed by atoms with Crippen LogP contribution in [0.1, 0.15) is 30.9 Å². The largest absolute Gasteiger partial charge is 0.504 e. The maximum Gasteiger partial charge on any atom is 0.309 e. The van der Waals surface area contributed by atoms with E-state index in [1.807, 2.05) is 25.1 Å². The number of likely N-dealkylation sites (tertiary alicyclic amines) is 1. The van der Waals surface area contributed by atoms with Crippen molar-refractivity contribution >= 4 is 5.97 Å². The summed E-state index contributed by atoms with van der Waals surface area (Å²) in [6, 6.07) is 3.84. The number of phenolic OH excluding ortho intramolecular Hbond substituents is 1. The van der Waals surface area contributed by atoms with Crippen LogP contribution in [0.3, 0.4) is 0 Å². The summed E-state index contributed by atoms with van der Waals surface area (Å²) in [7, 11) is 1.56. The van der Waals surface area contributed by atoms with Crippen LogP contribution in [0.2, 0.25) is 0 Å². The highest BCUT2D eigenvalue weighted by atomic mass is 16.5. The van der Waals surface area contributed by atoms with Gasteiger partial charge in [-0.3, -0.25) is 9.69 Å². The third kappa shape index (κ3) is 4.51. The molecule has 0 atom stereocenters. The molecule has 24 heavy (non-hydrogen) atoms. The summed E-state index contributed by atoms with van der Waals surface area (Å²) in [6.45, 7) is 8.30. The standard InChI is InChI=1S/C19H27NO4/c1-4-6-14-11-16(18(21)17(12-14)23-3)13-20-9-7-15(8-10-20)19(22)24-5-2/h4,11-12,15,21H,1,5-10,13H2,2-3H3. The number of aromatic hydroxyl groups is 1. The number of esters is 1. The first kappa shape index (κ1) is 18.3. The lowest BCUT2D eigenvalue weighted by Gasteiger charge is -2.31. The molecule has 0 aliphatic carbocycles. The lowest BCUT2D eigenvalue weighted by Crippen LogP contribution is -2.36. The van der Waals surface area contributed by atoms with Crippen molar-refractivity contribution in [3.63, 3.8) is 0 Å². The van der Waals surface area contributed by atoms with E-state index >= 15 is 0 Å². The maximum absolute atomic E-state index is 11.8. The van der Waals surface area contributed by atoms with Gasteiger partial charge in [0.15, 0.2) is 11.5 Å². The fourth-order valence-electron chi connectivity index (χ4n) is 3.12. The molecule has 2 rings (SSSR count). The normalized spacial score (nSPS) is 15.9. The zero-order valence-corrected chi connectivity index (χ0v) is 14.6. The number of piperidine rings is 1. The first-order valence-corrected chi connectivity index (χ1v) is 8.47. The minimum absolute atomic E-state index is 0.00330. The first-order chi connectivity index (χ1) is 11.6. The summed E-state index contributed by atoms with van der Waals surface area (Å²) in [5, 5.41) is 10.4. The van der Waals surface area contributed by atoms with Gasteiger partial charge in [0.05, 0.1) is 19.6 Å². The molecule has 1 heterocycles. The second kappa shape index (κ2) is 8.73. The van der Waals surface area contributed by atoms with Gasteiger partial charge < -0.3 is 14.6 Å². The van der Waals surface area contributed by atoms with Crippen LogP contribution in [0.25, 0.3) is 0 Å². The summed E-state index contributed by atoms with van der Waals surface area (Å²) >= 11 is 0. The molecule has 0 amide bonds. The van der Waals surface area contributed by atoms with E-state index in [1.165, 1.54) is 0 Å². The van der Waals surface area contributed by atoms with Crippen LogP contribution < -0.4 is 4.74 Å². The number of rotatable bonds is 7. The fraction of sp³-hybridized carbons (Fsp3) is 0.526. The van der Waals surface area contributed by atoms with E-state index in [-0.39, 0.29) is 17.6 Å². The van der Waals surface area contributed by atoms with Gasteiger partial charge in [0, 0.05) is 12.1 Å². The number of carbonyl (C=O) groups excluding carboxylic acids is 1. The number of ether oxygens (including phenoxy) is 2. The Labute approximate surface area is 143 Å². The number of hydrogen-bond acceptors (Lipinski definition) is 5. The van der Waals surface area contributed by atoms with Gasteiger partial charge >= 0.3 is 5.97 Å². The van der Waals surface area contributed by atoms with Crippen molar-refractivity contribution in [2.24, 2.45) is 5.92 Å². The highest BCUT2D eigenvalue weighted by Gasteiger charge is 2.26. The van der Waals surface area contributed by atoms with Crippen molar-refractivity contribution < 1.29 is 19.4 Å². The molecular formula is C19H27NO4. The molecule has 1 aliphatic rings. The fourth-order valence-corrected chi connectivity index (χ4v) is 3.12. The average Bonchev–Trinajstić information content (AvgIpc) is 2.58. The molecule has 0 radical (unpaired) electrons. The third-order valence-electron chi connectivity index (χ3n) is 4.42. The second-order valence-corrected chi connectivity index (χ2v) is 6.10. The summed E-state index contributed by atoms with van der Waals surface area (Å²) < 4.78 is 10.4. The predicted octanol–water partition coefficient (Wildman–Crippen LogP) is 2.90. The summed E-state index contributed by atoms with van der Waals surface area (Å²) in [4.78, 5) is 14.1. The van der Waals surface area contributed by atoms with E-state index in [4.69, 9.17) is 9.47 Å². The van der Waals surface area contributed by atoms with Crippen molar-refractivity contribution in [3.8, 4) is 11.5 Å². The van der Waals surface area contributed by atoms with Crippen LogP contribution >= 0.6 is 0 Å². The van der Waals surface area contributed by atoms with Gasteiger partial charge in [-0.1, -0.05) is 12.1 Å². The lowest BCUT2D eigenvalue weighted by molar-refractivity contribution is -0.149. The molecule has 1 N–H and O–H groups in total. The van der Waals surface area contributed by atoms with Crippen LogP contribution in [0.4, 0.5) is 0 Å². The smallest absolute Gasteiger partial charge is 0.309 e. The average molecular weight is 333 g/mol. The number of hydrogen-bond donors (Lipinski definition) is 1. The van der Waals surface area contributed by atoms with Crippen LogP contribution in [0.15, 0.2) is 24.8 Å². The Morgan fingerprint density at radius 1 is 1.42 bits per heavy atom. The molecule has 0 saturated carbocycles. The number of phenols is 1. The molecule has 1 aromatic carbocycles. The second-order valence-electron chi connectivity index (χ2n) is 6.10. The van der Waals surface area contributed by atoms with Crippen LogP contribution in [0, 0.1) is 5.92 Å². The van der Waals surface area contributed by atoms with E-state index in [0.717, 1.165) is 43.5 Å². The van der Waals surface area contributed by atoms with Gasteiger partial charge in [-0.25, -0.2) is 0 Å². The SMILES string of the molecule is C=CCc1cc(CN2CCC(C(=O)OCC)CC2)c(O)c(OC)c1. The van der Waals surface area contributed by atoms with Crippen molar-refractivity contribution in [2.45, 2.75) is 32.7 Å². The molecule has 0 bridgehead atoms. The Morgan fingerprint density at radius 3 is 2.71 bits per heavy atom. The Balaban J connectivity index is 2.02.